The zero-order valence-corrected chi connectivity index (χ0v) is 18.4. The average Bonchev–Trinajstić information content (AvgIpc) is 3.01. The van der Waals surface area contributed by atoms with E-state index in [0.29, 0.717) is 6.42 Å². The summed E-state index contributed by atoms with van der Waals surface area (Å²) in [5.41, 5.74) is 3.03. The summed E-state index contributed by atoms with van der Waals surface area (Å²) in [7, 11) is 0. The number of amidine groups is 1. The summed E-state index contributed by atoms with van der Waals surface area (Å²) in [6.45, 7) is 11.6. The van der Waals surface area contributed by atoms with Gasteiger partial charge in [0, 0.05) is 32.6 Å². The molecule has 0 bridgehead atoms. The van der Waals surface area contributed by atoms with Crippen LogP contribution in [0, 0.1) is 12.3 Å². The van der Waals surface area contributed by atoms with Crippen molar-refractivity contribution in [2.45, 2.75) is 40.5 Å². The first kappa shape index (κ1) is 20.5. The van der Waals surface area contributed by atoms with Crippen LogP contribution in [0.2, 0.25) is 0 Å². The summed E-state index contributed by atoms with van der Waals surface area (Å²) in [5.74, 6) is 2.78. The molecule has 2 aliphatic rings. The van der Waals surface area contributed by atoms with E-state index in [1.807, 2.05) is 35.2 Å². The van der Waals surface area contributed by atoms with E-state index in [9.17, 15) is 4.79 Å². The van der Waals surface area contributed by atoms with E-state index in [1.165, 1.54) is 5.56 Å². The number of carbonyl (C=O) groups excluding carboxylic acids is 1. The Hall–Kier alpha value is -2.82. The van der Waals surface area contributed by atoms with Crippen LogP contribution in [0.3, 0.4) is 0 Å². The van der Waals surface area contributed by atoms with Crippen molar-refractivity contribution < 1.29 is 9.53 Å². The molecule has 1 fully saturated rings. The van der Waals surface area contributed by atoms with Crippen LogP contribution in [0.5, 0.6) is 11.5 Å². The van der Waals surface area contributed by atoms with E-state index in [1.54, 1.807) is 0 Å². The first-order valence-corrected chi connectivity index (χ1v) is 10.8. The molecule has 2 aliphatic heterocycles. The van der Waals surface area contributed by atoms with Gasteiger partial charge in [-0.3, -0.25) is 4.79 Å². The zero-order valence-electron chi connectivity index (χ0n) is 18.4. The monoisotopic (exact) mass is 405 g/mol. The second-order valence-electron chi connectivity index (χ2n) is 9.46. The predicted molar refractivity (Wildman–Crippen MR) is 121 cm³/mol. The fourth-order valence-electron chi connectivity index (χ4n) is 4.02. The van der Waals surface area contributed by atoms with Gasteiger partial charge in [-0.2, -0.15) is 0 Å². The Kier molecular flexibility index (Phi) is 5.54. The van der Waals surface area contributed by atoms with Gasteiger partial charge >= 0.3 is 0 Å². The second-order valence-corrected chi connectivity index (χ2v) is 9.46. The number of aliphatic imine (C=N–C) groups is 1. The zero-order chi connectivity index (χ0) is 21.3. The minimum Gasteiger partial charge on any atom is -0.454 e. The number of carbonyl (C=O) groups is 1. The number of hydrogen-bond acceptors (Lipinski definition) is 4. The molecule has 4 rings (SSSR count). The van der Waals surface area contributed by atoms with Crippen LogP contribution in [-0.2, 0) is 4.79 Å². The summed E-state index contributed by atoms with van der Waals surface area (Å²) < 4.78 is 6.22. The van der Waals surface area contributed by atoms with Crippen molar-refractivity contribution in [3.05, 3.63) is 53.6 Å². The minimum atomic E-state index is 0.00591. The maximum Gasteiger partial charge on any atom is 0.223 e. The first-order chi connectivity index (χ1) is 14.3. The molecular weight excluding hydrogens is 374 g/mol. The van der Waals surface area contributed by atoms with Crippen molar-refractivity contribution in [2.75, 3.05) is 26.2 Å². The van der Waals surface area contributed by atoms with E-state index in [4.69, 9.17) is 9.73 Å². The molecule has 1 amide bonds. The van der Waals surface area contributed by atoms with Crippen molar-refractivity contribution >= 4 is 17.4 Å². The van der Waals surface area contributed by atoms with Crippen LogP contribution >= 0.6 is 0 Å². The lowest BCUT2D eigenvalue weighted by Gasteiger charge is -2.27. The van der Waals surface area contributed by atoms with Gasteiger partial charge < -0.3 is 14.5 Å². The number of rotatable bonds is 1. The minimum absolute atomic E-state index is 0.00591. The van der Waals surface area contributed by atoms with E-state index in [0.717, 1.165) is 61.2 Å². The highest BCUT2D eigenvalue weighted by Gasteiger charge is 2.27. The van der Waals surface area contributed by atoms with Gasteiger partial charge in [0.1, 0.15) is 17.3 Å². The molecular formula is C25H31N3O2. The third kappa shape index (κ3) is 4.50. The van der Waals surface area contributed by atoms with Gasteiger partial charge in [0.05, 0.1) is 5.56 Å². The van der Waals surface area contributed by atoms with Crippen LogP contribution in [0.25, 0.3) is 0 Å². The Labute approximate surface area is 179 Å². The van der Waals surface area contributed by atoms with Gasteiger partial charge in [0.25, 0.3) is 0 Å². The molecule has 1 saturated heterocycles. The maximum absolute atomic E-state index is 12.8. The van der Waals surface area contributed by atoms with E-state index < -0.39 is 0 Å². The molecule has 0 N–H and O–H groups in total. The highest BCUT2D eigenvalue weighted by atomic mass is 16.5. The summed E-state index contributed by atoms with van der Waals surface area (Å²) in [4.78, 5) is 22.1. The fraction of sp³-hybridized carbons (Fsp3) is 0.440. The molecule has 0 atom stereocenters. The predicted octanol–water partition coefficient (Wildman–Crippen LogP) is 5.15. The molecule has 0 aromatic heterocycles. The fourth-order valence-corrected chi connectivity index (χ4v) is 4.02. The van der Waals surface area contributed by atoms with Crippen molar-refractivity contribution in [2.24, 2.45) is 10.4 Å². The van der Waals surface area contributed by atoms with Gasteiger partial charge in [-0.1, -0.05) is 44.5 Å². The lowest BCUT2D eigenvalue weighted by molar-refractivity contribution is -0.132. The number of benzene rings is 2. The van der Waals surface area contributed by atoms with Gasteiger partial charge in [-0.15, -0.1) is 0 Å². The summed E-state index contributed by atoms with van der Waals surface area (Å²) in [5, 5.41) is 0. The number of fused-ring (bicyclic) bond motifs is 2. The van der Waals surface area contributed by atoms with Gasteiger partial charge in [0.15, 0.2) is 5.75 Å². The quantitative estimate of drug-likeness (QED) is 0.659. The Morgan fingerprint density at radius 2 is 1.83 bits per heavy atom. The van der Waals surface area contributed by atoms with Crippen LogP contribution in [0.4, 0.5) is 5.69 Å². The largest absolute Gasteiger partial charge is 0.454 e. The van der Waals surface area contributed by atoms with Gasteiger partial charge in [-0.25, -0.2) is 4.99 Å². The number of aryl methyl sites for hydroxylation is 1. The topological polar surface area (TPSA) is 45.1 Å². The molecule has 2 heterocycles. The molecule has 0 saturated carbocycles. The van der Waals surface area contributed by atoms with Crippen LogP contribution in [0.1, 0.15) is 44.7 Å². The number of ether oxygens (including phenoxy) is 1. The average molecular weight is 406 g/mol. The number of hydrogen-bond donors (Lipinski definition) is 0. The molecule has 0 radical (unpaired) electrons. The molecule has 0 spiro atoms. The summed E-state index contributed by atoms with van der Waals surface area (Å²) >= 11 is 0. The van der Waals surface area contributed by atoms with E-state index in [-0.39, 0.29) is 11.3 Å². The molecule has 0 unspecified atom stereocenters. The molecule has 5 nitrogen and oxygen atoms in total. The molecule has 2 aromatic rings. The Balaban J connectivity index is 1.63. The number of amides is 1. The highest BCUT2D eigenvalue weighted by Crippen LogP contribution is 2.38. The smallest absolute Gasteiger partial charge is 0.223 e. The van der Waals surface area contributed by atoms with Crippen LogP contribution in [0.15, 0.2) is 47.5 Å². The lowest BCUT2D eigenvalue weighted by atomic mass is 9.91. The van der Waals surface area contributed by atoms with Crippen molar-refractivity contribution in [3.63, 3.8) is 0 Å². The SMILES string of the molecule is Cc1ccc2c(c1)C(N1CCCN(C(=O)CC(C)(C)C)CC1)=Nc1ccccc1O2. The van der Waals surface area contributed by atoms with E-state index >= 15 is 0 Å². The number of nitrogens with zero attached hydrogens (tertiary/aromatic N) is 3. The van der Waals surface area contributed by atoms with Gasteiger partial charge in [0.2, 0.25) is 5.91 Å². The third-order valence-corrected chi connectivity index (χ3v) is 5.52. The van der Waals surface area contributed by atoms with Crippen molar-refractivity contribution in [1.82, 2.24) is 9.80 Å². The van der Waals surface area contributed by atoms with Crippen LogP contribution in [-0.4, -0.2) is 47.7 Å². The van der Waals surface area contributed by atoms with Crippen LogP contribution < -0.4 is 4.74 Å². The maximum atomic E-state index is 12.8. The molecule has 5 heteroatoms. The van der Waals surface area contributed by atoms with Crippen molar-refractivity contribution in [3.8, 4) is 11.5 Å². The normalized spacial score (nSPS) is 16.6. The first-order valence-electron chi connectivity index (χ1n) is 10.8. The third-order valence-electron chi connectivity index (χ3n) is 5.52. The highest BCUT2D eigenvalue weighted by molar-refractivity contribution is 6.04. The molecule has 158 valence electrons. The Bertz CT molecular complexity index is 975. The summed E-state index contributed by atoms with van der Waals surface area (Å²) in [6.07, 6.45) is 1.51. The lowest BCUT2D eigenvalue weighted by Crippen LogP contribution is -2.38. The molecule has 30 heavy (non-hydrogen) atoms. The van der Waals surface area contributed by atoms with Gasteiger partial charge in [-0.05, 0) is 43.0 Å². The van der Waals surface area contributed by atoms with E-state index in [2.05, 4.69) is 44.7 Å². The second kappa shape index (κ2) is 8.13. The Morgan fingerprint density at radius 1 is 1.03 bits per heavy atom. The molecule has 0 aliphatic carbocycles. The standard InChI is InChI=1S/C25H31N3O2/c1-18-10-11-21-19(16-18)24(26-20-8-5-6-9-22(20)30-21)28-13-7-12-27(14-15-28)23(29)17-25(2,3)4/h5-6,8-11,16H,7,12-15,17H2,1-4H3. The number of para-hydroxylation sites is 2. The molecule has 2 aromatic carbocycles. The Morgan fingerprint density at radius 3 is 2.63 bits per heavy atom. The van der Waals surface area contributed by atoms with Crippen molar-refractivity contribution in [1.29, 1.82) is 0 Å². The summed E-state index contributed by atoms with van der Waals surface area (Å²) in [6, 6.07) is 14.1.